The van der Waals surface area contributed by atoms with Crippen LogP contribution in [0.1, 0.15) is 36.5 Å². The summed E-state index contributed by atoms with van der Waals surface area (Å²) >= 11 is 0. The lowest BCUT2D eigenvalue weighted by Gasteiger charge is -2.32. The molecule has 1 fully saturated rings. The van der Waals surface area contributed by atoms with Crippen molar-refractivity contribution in [1.29, 1.82) is 0 Å². The number of piperidine rings is 1. The van der Waals surface area contributed by atoms with Crippen LogP contribution in [0.25, 0.3) is 0 Å². The Balaban J connectivity index is 2.50. The molecule has 1 aliphatic heterocycles. The van der Waals surface area contributed by atoms with Gasteiger partial charge in [-0.15, -0.1) is 0 Å². The maximum absolute atomic E-state index is 13.0. The van der Waals surface area contributed by atoms with Crippen molar-refractivity contribution >= 4 is 15.9 Å². The summed E-state index contributed by atoms with van der Waals surface area (Å²) in [4.78, 5) is 11.8. The average Bonchev–Trinajstić information content (AvgIpc) is 2.53. The minimum Gasteiger partial charge on any atom is -0.495 e. The van der Waals surface area contributed by atoms with Crippen molar-refractivity contribution in [3.05, 3.63) is 23.8 Å². The molecule has 22 heavy (non-hydrogen) atoms. The third-order valence-electron chi connectivity index (χ3n) is 3.98. The number of sulfonamides is 1. The van der Waals surface area contributed by atoms with Crippen LogP contribution in [0.15, 0.2) is 23.1 Å². The van der Waals surface area contributed by atoms with Gasteiger partial charge < -0.3 is 10.1 Å². The van der Waals surface area contributed by atoms with Gasteiger partial charge in [0.05, 0.1) is 7.11 Å². The first-order valence-corrected chi connectivity index (χ1v) is 8.77. The number of hydrogen-bond acceptors (Lipinski definition) is 4. The van der Waals surface area contributed by atoms with Gasteiger partial charge in [-0.1, -0.05) is 6.42 Å². The third kappa shape index (κ3) is 3.10. The number of rotatable bonds is 4. The van der Waals surface area contributed by atoms with Gasteiger partial charge in [0.15, 0.2) is 0 Å². The number of nitrogens with zero attached hydrogens (tertiary/aromatic N) is 1. The van der Waals surface area contributed by atoms with Crippen molar-refractivity contribution in [2.75, 3.05) is 20.7 Å². The van der Waals surface area contributed by atoms with E-state index in [1.165, 1.54) is 30.6 Å². The van der Waals surface area contributed by atoms with E-state index >= 15 is 0 Å². The molecule has 7 heteroatoms. The summed E-state index contributed by atoms with van der Waals surface area (Å²) in [5.41, 5.74) is 0.298. The van der Waals surface area contributed by atoms with Gasteiger partial charge in [0.1, 0.15) is 10.6 Å². The molecule has 0 radical (unpaired) electrons. The normalized spacial score (nSPS) is 19.7. The maximum Gasteiger partial charge on any atom is 0.251 e. The predicted molar refractivity (Wildman–Crippen MR) is 83.6 cm³/mol. The fraction of sp³-hybridized carbons (Fsp3) is 0.533. The minimum absolute atomic E-state index is 0.0462. The van der Waals surface area contributed by atoms with Crippen LogP contribution < -0.4 is 10.1 Å². The highest BCUT2D eigenvalue weighted by Crippen LogP contribution is 2.31. The molecule has 1 atom stereocenters. The van der Waals surface area contributed by atoms with E-state index < -0.39 is 10.0 Å². The van der Waals surface area contributed by atoms with Crippen LogP contribution in [-0.4, -0.2) is 45.4 Å². The molecule has 0 aliphatic carbocycles. The van der Waals surface area contributed by atoms with Crippen LogP contribution in [0.4, 0.5) is 0 Å². The summed E-state index contributed by atoms with van der Waals surface area (Å²) in [6.45, 7) is 2.41. The number of nitrogens with one attached hydrogen (secondary N) is 1. The van der Waals surface area contributed by atoms with Gasteiger partial charge in [-0.3, -0.25) is 4.79 Å². The molecule has 1 heterocycles. The number of amides is 1. The van der Waals surface area contributed by atoms with Crippen LogP contribution in [0, 0.1) is 0 Å². The van der Waals surface area contributed by atoms with Crippen molar-refractivity contribution in [1.82, 2.24) is 9.62 Å². The third-order valence-corrected chi connectivity index (χ3v) is 6.02. The van der Waals surface area contributed by atoms with E-state index in [4.69, 9.17) is 4.74 Å². The molecule has 1 aliphatic rings. The van der Waals surface area contributed by atoms with Crippen molar-refractivity contribution in [2.45, 2.75) is 37.1 Å². The molecule has 2 rings (SSSR count). The Morgan fingerprint density at radius 3 is 2.68 bits per heavy atom. The molecule has 122 valence electrons. The first-order chi connectivity index (χ1) is 10.4. The zero-order valence-electron chi connectivity index (χ0n) is 13.1. The topological polar surface area (TPSA) is 75.7 Å². The van der Waals surface area contributed by atoms with Gasteiger partial charge in [-0.2, -0.15) is 4.31 Å². The Kier molecular flexibility index (Phi) is 5.08. The summed E-state index contributed by atoms with van der Waals surface area (Å²) in [6.07, 6.45) is 2.72. The molecule has 1 aromatic carbocycles. The SMILES string of the molecule is CNC(=O)c1ccc(OC)c(S(=O)(=O)N2CCCC[C@@H]2C)c1. The molecule has 0 unspecified atom stereocenters. The quantitative estimate of drug-likeness (QED) is 0.912. The van der Waals surface area contributed by atoms with Crippen LogP contribution >= 0.6 is 0 Å². The van der Waals surface area contributed by atoms with Crippen LogP contribution in [0.3, 0.4) is 0 Å². The number of methoxy groups -OCH3 is 1. The van der Waals surface area contributed by atoms with Crippen molar-refractivity contribution in [3.8, 4) is 5.75 Å². The summed E-state index contributed by atoms with van der Waals surface area (Å²) in [7, 11) is -0.758. The summed E-state index contributed by atoms with van der Waals surface area (Å²) < 4.78 is 32.6. The Hall–Kier alpha value is -1.60. The minimum atomic E-state index is -3.69. The Morgan fingerprint density at radius 2 is 2.09 bits per heavy atom. The molecular weight excluding hydrogens is 304 g/mol. The summed E-state index contributed by atoms with van der Waals surface area (Å²) in [5.74, 6) is -0.0729. The first-order valence-electron chi connectivity index (χ1n) is 7.33. The zero-order chi connectivity index (χ0) is 16.3. The highest BCUT2D eigenvalue weighted by atomic mass is 32.2. The predicted octanol–water partition coefficient (Wildman–Crippen LogP) is 1.62. The van der Waals surface area contributed by atoms with Gasteiger partial charge in [0.25, 0.3) is 5.91 Å². The summed E-state index contributed by atoms with van der Waals surface area (Å²) in [5, 5.41) is 2.50. The number of carbonyl (C=O) groups is 1. The fourth-order valence-electron chi connectivity index (χ4n) is 2.72. The molecule has 1 amide bonds. The van der Waals surface area contributed by atoms with E-state index in [0.29, 0.717) is 12.1 Å². The van der Waals surface area contributed by atoms with Crippen LogP contribution in [-0.2, 0) is 10.0 Å². The lowest BCUT2D eigenvalue weighted by atomic mass is 10.1. The van der Waals surface area contributed by atoms with Gasteiger partial charge in [0.2, 0.25) is 10.0 Å². The van der Waals surface area contributed by atoms with Crippen molar-refractivity contribution in [3.63, 3.8) is 0 Å². The number of benzene rings is 1. The monoisotopic (exact) mass is 326 g/mol. The zero-order valence-corrected chi connectivity index (χ0v) is 13.9. The standard InChI is InChI=1S/C15H22N2O4S/c1-11-6-4-5-9-17(11)22(19,20)14-10-12(15(18)16-2)7-8-13(14)21-3/h7-8,10-11H,4-6,9H2,1-3H3,(H,16,18)/t11-/m0/s1. The van der Waals surface area contributed by atoms with Crippen molar-refractivity contribution < 1.29 is 17.9 Å². The van der Waals surface area contributed by atoms with E-state index in [9.17, 15) is 13.2 Å². The second-order valence-electron chi connectivity index (χ2n) is 5.41. The van der Waals surface area contributed by atoms with Gasteiger partial charge in [-0.05, 0) is 38.0 Å². The Morgan fingerprint density at radius 1 is 1.36 bits per heavy atom. The van der Waals surface area contributed by atoms with Crippen molar-refractivity contribution in [2.24, 2.45) is 0 Å². The smallest absolute Gasteiger partial charge is 0.251 e. The Bertz CT molecular complexity index is 658. The Labute approximate surface area is 131 Å². The maximum atomic E-state index is 13.0. The number of ether oxygens (including phenoxy) is 1. The number of hydrogen-bond donors (Lipinski definition) is 1. The molecule has 0 spiro atoms. The molecule has 1 saturated heterocycles. The molecular formula is C15H22N2O4S. The molecule has 1 N–H and O–H groups in total. The van der Waals surface area contributed by atoms with E-state index in [0.717, 1.165) is 19.3 Å². The van der Waals surface area contributed by atoms with Crippen LogP contribution in [0.2, 0.25) is 0 Å². The highest BCUT2D eigenvalue weighted by Gasteiger charge is 2.33. The van der Waals surface area contributed by atoms with E-state index in [-0.39, 0.29) is 22.6 Å². The lowest BCUT2D eigenvalue weighted by molar-refractivity contribution is 0.0963. The number of carbonyl (C=O) groups excluding carboxylic acids is 1. The van der Waals surface area contributed by atoms with Gasteiger partial charge >= 0.3 is 0 Å². The van der Waals surface area contributed by atoms with Gasteiger partial charge in [-0.25, -0.2) is 8.42 Å². The fourth-order valence-corrected chi connectivity index (χ4v) is 4.60. The van der Waals surface area contributed by atoms with Gasteiger partial charge in [0, 0.05) is 25.2 Å². The molecule has 1 aromatic rings. The summed E-state index contributed by atoms with van der Waals surface area (Å²) in [6, 6.07) is 4.41. The van der Waals surface area contributed by atoms with Crippen LogP contribution in [0.5, 0.6) is 5.75 Å². The highest BCUT2D eigenvalue weighted by molar-refractivity contribution is 7.89. The average molecular weight is 326 g/mol. The lowest BCUT2D eigenvalue weighted by Crippen LogP contribution is -2.42. The molecule has 6 nitrogen and oxygen atoms in total. The first kappa shape index (κ1) is 16.8. The van der Waals surface area contributed by atoms with E-state index in [1.807, 2.05) is 6.92 Å². The molecule has 0 bridgehead atoms. The molecule has 0 aromatic heterocycles. The second kappa shape index (κ2) is 6.66. The van der Waals surface area contributed by atoms with E-state index in [2.05, 4.69) is 5.32 Å². The van der Waals surface area contributed by atoms with E-state index in [1.54, 1.807) is 6.07 Å². The largest absolute Gasteiger partial charge is 0.495 e. The second-order valence-corrected chi connectivity index (χ2v) is 7.26. The molecule has 0 saturated carbocycles.